The number of benzene rings is 2. The minimum absolute atomic E-state index is 0.0155. The Morgan fingerprint density at radius 3 is 2.76 bits per heavy atom. The summed E-state index contributed by atoms with van der Waals surface area (Å²) in [5.41, 5.74) is 2.00. The second-order valence-electron chi connectivity index (χ2n) is 11.6. The molecule has 1 aromatic heterocycles. The summed E-state index contributed by atoms with van der Waals surface area (Å²) in [4.78, 5) is 29.9. The zero-order valence-corrected chi connectivity index (χ0v) is 23.4. The van der Waals surface area contributed by atoms with Crippen molar-refractivity contribution in [1.29, 1.82) is 0 Å². The summed E-state index contributed by atoms with van der Waals surface area (Å²) >= 11 is 0. The summed E-state index contributed by atoms with van der Waals surface area (Å²) in [5, 5.41) is 11.9. The lowest BCUT2D eigenvalue weighted by molar-refractivity contribution is 0.0219. The normalized spacial score (nSPS) is 24.1. The number of carbonyl (C=O) groups is 1. The van der Waals surface area contributed by atoms with Gasteiger partial charge in [-0.05, 0) is 74.2 Å². The number of phenols is 1. The lowest BCUT2D eigenvalue weighted by atomic mass is 9.84. The van der Waals surface area contributed by atoms with E-state index in [0.29, 0.717) is 84.5 Å². The van der Waals surface area contributed by atoms with Crippen LogP contribution >= 0.6 is 0 Å². The number of halogens is 1. The number of fused-ring (bicyclic) bond motifs is 5. The molecule has 3 aromatic rings. The lowest BCUT2D eigenvalue weighted by Gasteiger charge is -2.45. The van der Waals surface area contributed by atoms with Crippen LogP contribution in [0.2, 0.25) is 0 Å². The van der Waals surface area contributed by atoms with Crippen LogP contribution in [0.4, 0.5) is 15.9 Å². The van der Waals surface area contributed by atoms with Crippen LogP contribution in [-0.2, 0) is 17.7 Å². The standard InChI is InChI=1S/C31H36FN5O4/c1-2-23-24(32)5-4-20-15-22(38)16-26(27(20)23)37-17-25-28(30(37)39)29(36-8-3-12-40-13-11-36)34-31(33-25)41-18-21-14-19-6-9-35(21)10-7-19/h4-5,15-16,19,21,38H,2-3,6-14,17-18H2,1H3. The molecule has 0 aliphatic carbocycles. The fraction of sp³-hybridized carbons (Fsp3) is 0.516. The van der Waals surface area contributed by atoms with Crippen molar-refractivity contribution in [3.05, 3.63) is 46.9 Å². The van der Waals surface area contributed by atoms with Gasteiger partial charge in [-0.25, -0.2) is 4.39 Å². The topological polar surface area (TPSA) is 91.3 Å². The number of rotatable bonds is 6. The number of phenolic OH excluding ortho intramolecular Hbond substituents is 1. The number of hydrogen-bond acceptors (Lipinski definition) is 8. The van der Waals surface area contributed by atoms with E-state index in [2.05, 4.69) is 9.80 Å². The minimum atomic E-state index is -0.330. The lowest BCUT2D eigenvalue weighted by Crippen LogP contribution is -2.51. The van der Waals surface area contributed by atoms with Crippen LogP contribution in [0.15, 0.2) is 24.3 Å². The summed E-state index contributed by atoms with van der Waals surface area (Å²) < 4.78 is 26.9. The number of aromatic hydroxyl groups is 1. The van der Waals surface area contributed by atoms with Gasteiger partial charge in [0, 0.05) is 37.2 Å². The molecule has 0 radical (unpaired) electrons. The van der Waals surface area contributed by atoms with Crippen molar-refractivity contribution in [1.82, 2.24) is 14.9 Å². The Morgan fingerprint density at radius 1 is 1.12 bits per heavy atom. The van der Waals surface area contributed by atoms with E-state index in [4.69, 9.17) is 19.4 Å². The van der Waals surface area contributed by atoms with Gasteiger partial charge >= 0.3 is 6.01 Å². The highest BCUT2D eigenvalue weighted by Crippen LogP contribution is 2.41. The molecule has 4 fully saturated rings. The monoisotopic (exact) mass is 561 g/mol. The average Bonchev–Trinajstić information content (AvgIpc) is 3.13. The molecule has 2 bridgehead atoms. The Balaban J connectivity index is 1.27. The van der Waals surface area contributed by atoms with Gasteiger partial charge in [0.05, 0.1) is 24.5 Å². The SMILES string of the molecule is CCc1c(F)ccc2cc(O)cc(N3Cc4nc(OCC5CC6CCN5CC6)nc(N5CCCOCC5)c4C3=O)c12. The maximum absolute atomic E-state index is 14.9. The first-order valence-electron chi connectivity index (χ1n) is 14.9. The van der Waals surface area contributed by atoms with Crippen LogP contribution in [0.1, 0.15) is 54.2 Å². The number of ether oxygens (including phenoxy) is 2. The number of amides is 1. The number of aromatic nitrogens is 2. The van der Waals surface area contributed by atoms with Crippen molar-refractivity contribution in [2.45, 2.75) is 51.6 Å². The number of aryl methyl sites for hydroxylation is 1. The van der Waals surface area contributed by atoms with Crippen LogP contribution < -0.4 is 14.5 Å². The summed E-state index contributed by atoms with van der Waals surface area (Å²) in [6.07, 6.45) is 4.93. The van der Waals surface area contributed by atoms with Crippen molar-refractivity contribution in [2.24, 2.45) is 5.92 Å². The Morgan fingerprint density at radius 2 is 1.98 bits per heavy atom. The van der Waals surface area contributed by atoms with Gasteiger partial charge in [-0.3, -0.25) is 9.69 Å². The minimum Gasteiger partial charge on any atom is -0.508 e. The van der Waals surface area contributed by atoms with Crippen LogP contribution in [0.25, 0.3) is 10.8 Å². The molecule has 4 saturated heterocycles. The van der Waals surface area contributed by atoms with E-state index in [1.165, 1.54) is 18.9 Å². The van der Waals surface area contributed by atoms with Crippen molar-refractivity contribution in [2.75, 3.05) is 55.8 Å². The third-order valence-electron chi connectivity index (χ3n) is 9.19. The maximum atomic E-state index is 14.9. The summed E-state index contributed by atoms with van der Waals surface area (Å²) in [5.74, 6) is 0.745. The molecular formula is C31H36FN5O4. The maximum Gasteiger partial charge on any atom is 0.318 e. The number of nitrogens with zero attached hydrogens (tertiary/aromatic N) is 5. The van der Waals surface area contributed by atoms with Gasteiger partial charge in [0.1, 0.15) is 29.6 Å². The van der Waals surface area contributed by atoms with E-state index >= 15 is 0 Å². The highest BCUT2D eigenvalue weighted by atomic mass is 19.1. The largest absolute Gasteiger partial charge is 0.508 e. The first-order valence-corrected chi connectivity index (χ1v) is 14.9. The first kappa shape index (κ1) is 26.4. The molecular weight excluding hydrogens is 525 g/mol. The van der Waals surface area contributed by atoms with E-state index in [9.17, 15) is 14.3 Å². The van der Waals surface area contributed by atoms with Crippen LogP contribution in [0.3, 0.4) is 0 Å². The summed E-state index contributed by atoms with van der Waals surface area (Å²) in [6, 6.07) is 6.84. The Kier molecular flexibility index (Phi) is 6.90. The number of carbonyl (C=O) groups excluding carboxylic acids is 1. The van der Waals surface area contributed by atoms with Gasteiger partial charge in [0.25, 0.3) is 5.91 Å². The molecule has 9 nitrogen and oxygen atoms in total. The fourth-order valence-corrected chi connectivity index (χ4v) is 7.07. The van der Waals surface area contributed by atoms with Crippen LogP contribution in [0, 0.1) is 11.7 Å². The Bertz CT molecular complexity index is 1480. The predicted molar refractivity (Wildman–Crippen MR) is 153 cm³/mol. The molecule has 6 heterocycles. The molecule has 10 heteroatoms. The second-order valence-corrected chi connectivity index (χ2v) is 11.6. The third kappa shape index (κ3) is 4.76. The van der Waals surface area contributed by atoms with Crippen LogP contribution in [-0.4, -0.2) is 77.9 Å². The van der Waals surface area contributed by atoms with Crippen LogP contribution in [0.5, 0.6) is 11.8 Å². The summed E-state index contributed by atoms with van der Waals surface area (Å²) in [7, 11) is 0. The molecule has 8 rings (SSSR count). The fourth-order valence-electron chi connectivity index (χ4n) is 7.07. The molecule has 2 aromatic carbocycles. The van der Waals surface area contributed by atoms with E-state index in [1.54, 1.807) is 23.1 Å². The number of anilines is 2. The molecule has 0 saturated carbocycles. The molecule has 5 aliphatic heterocycles. The van der Waals surface area contributed by atoms with E-state index in [1.807, 2.05) is 6.92 Å². The van der Waals surface area contributed by atoms with Crippen molar-refractivity contribution in [3.63, 3.8) is 0 Å². The Labute approximate surface area is 238 Å². The zero-order valence-electron chi connectivity index (χ0n) is 23.4. The second kappa shape index (κ2) is 10.7. The number of hydrogen-bond donors (Lipinski definition) is 1. The smallest absolute Gasteiger partial charge is 0.318 e. The van der Waals surface area contributed by atoms with Crippen molar-refractivity contribution in [3.8, 4) is 11.8 Å². The molecule has 41 heavy (non-hydrogen) atoms. The average molecular weight is 562 g/mol. The molecule has 5 aliphatic rings. The van der Waals surface area contributed by atoms with Gasteiger partial charge in [-0.15, -0.1) is 0 Å². The highest BCUT2D eigenvalue weighted by Gasteiger charge is 2.38. The van der Waals surface area contributed by atoms with Gasteiger partial charge in [-0.2, -0.15) is 9.97 Å². The molecule has 1 unspecified atom stereocenters. The van der Waals surface area contributed by atoms with Gasteiger partial charge in [0.15, 0.2) is 0 Å². The summed E-state index contributed by atoms with van der Waals surface area (Å²) in [6.45, 7) is 7.33. The quantitative estimate of drug-likeness (QED) is 0.477. The molecule has 0 spiro atoms. The number of piperidine rings is 3. The molecule has 1 N–H and O–H groups in total. The van der Waals surface area contributed by atoms with E-state index in [-0.39, 0.29) is 30.0 Å². The molecule has 1 atom stereocenters. The van der Waals surface area contributed by atoms with Gasteiger partial charge in [0.2, 0.25) is 0 Å². The van der Waals surface area contributed by atoms with Gasteiger partial charge < -0.3 is 24.4 Å². The Hall–Kier alpha value is -3.50. The first-order chi connectivity index (χ1) is 20.0. The van der Waals surface area contributed by atoms with Gasteiger partial charge in [-0.1, -0.05) is 13.0 Å². The zero-order chi connectivity index (χ0) is 28.1. The highest BCUT2D eigenvalue weighted by molar-refractivity contribution is 6.16. The van der Waals surface area contributed by atoms with Crippen molar-refractivity contribution >= 4 is 28.2 Å². The molecule has 1 amide bonds. The van der Waals surface area contributed by atoms with Crippen molar-refractivity contribution < 1.29 is 23.8 Å². The molecule has 216 valence electrons. The van der Waals surface area contributed by atoms with E-state index < -0.39 is 0 Å². The predicted octanol–water partition coefficient (Wildman–Crippen LogP) is 4.29. The third-order valence-corrected chi connectivity index (χ3v) is 9.19. The van der Waals surface area contributed by atoms with E-state index in [0.717, 1.165) is 31.8 Å².